The zero-order valence-electron chi connectivity index (χ0n) is 17.3. The summed E-state index contributed by atoms with van der Waals surface area (Å²) in [6.45, 7) is 5.73. The van der Waals surface area contributed by atoms with Crippen LogP contribution in [-0.4, -0.2) is 18.4 Å². The van der Waals surface area contributed by atoms with E-state index >= 15 is 0 Å². The summed E-state index contributed by atoms with van der Waals surface area (Å²) in [6, 6.07) is 17.7. The Labute approximate surface area is 186 Å². The molecule has 0 radical (unpaired) electrons. The second-order valence-corrected chi connectivity index (χ2v) is 9.46. The van der Waals surface area contributed by atoms with Crippen molar-refractivity contribution in [3.8, 4) is 0 Å². The Morgan fingerprint density at radius 1 is 0.774 bits per heavy atom. The lowest BCUT2D eigenvalue weighted by Gasteiger charge is -2.15. The van der Waals surface area contributed by atoms with E-state index in [0.717, 1.165) is 16.7 Å². The number of nitrogens with zero attached hydrogens (tertiary/aromatic N) is 2. The molecule has 0 fully saturated rings. The van der Waals surface area contributed by atoms with Crippen LogP contribution in [0.25, 0.3) is 11.0 Å². The van der Waals surface area contributed by atoms with Crippen LogP contribution in [0.15, 0.2) is 65.6 Å². The average Bonchev–Trinajstić information content (AvgIpc) is 2.72. The van der Waals surface area contributed by atoms with Crippen molar-refractivity contribution in [2.24, 2.45) is 0 Å². The largest absolute Gasteiger partial charge is 0.337 e. The van der Waals surface area contributed by atoms with E-state index in [1.807, 2.05) is 45.0 Å². The fraction of sp³-hybridized carbons (Fsp3) is 0.130. The van der Waals surface area contributed by atoms with Crippen molar-refractivity contribution in [1.29, 1.82) is 0 Å². The minimum Gasteiger partial charge on any atom is -0.337 e. The molecule has 0 amide bonds. The number of para-hydroxylation sites is 2. The second kappa shape index (κ2) is 8.17. The Morgan fingerprint density at radius 2 is 1.42 bits per heavy atom. The van der Waals surface area contributed by atoms with Crippen molar-refractivity contribution in [1.82, 2.24) is 9.97 Å². The van der Waals surface area contributed by atoms with E-state index in [0.29, 0.717) is 21.7 Å². The first kappa shape index (κ1) is 21.1. The highest BCUT2D eigenvalue weighted by atomic mass is 35.5. The highest BCUT2D eigenvalue weighted by molar-refractivity contribution is 7.92. The van der Waals surface area contributed by atoms with Gasteiger partial charge in [-0.3, -0.25) is 4.72 Å². The van der Waals surface area contributed by atoms with Gasteiger partial charge in [0.05, 0.1) is 15.9 Å². The van der Waals surface area contributed by atoms with E-state index in [1.165, 1.54) is 0 Å². The number of anilines is 3. The quantitative estimate of drug-likeness (QED) is 0.402. The zero-order chi connectivity index (χ0) is 22.2. The first-order chi connectivity index (χ1) is 14.7. The summed E-state index contributed by atoms with van der Waals surface area (Å²) in [5.74, 6) is 0.396. The molecule has 0 saturated carbocycles. The lowest BCUT2D eigenvalue weighted by Crippen LogP contribution is -2.16. The third kappa shape index (κ3) is 4.47. The minimum atomic E-state index is -3.87. The summed E-state index contributed by atoms with van der Waals surface area (Å²) in [5, 5.41) is 3.74. The lowest BCUT2D eigenvalue weighted by atomic mass is 10.1. The van der Waals surface area contributed by atoms with Gasteiger partial charge in [-0.25, -0.2) is 18.4 Å². The number of aryl methyl sites for hydroxylation is 3. The summed E-state index contributed by atoms with van der Waals surface area (Å²) in [7, 11) is -3.87. The molecular weight excluding hydrogens is 432 g/mol. The van der Waals surface area contributed by atoms with E-state index in [9.17, 15) is 8.42 Å². The van der Waals surface area contributed by atoms with E-state index in [-0.39, 0.29) is 16.5 Å². The van der Waals surface area contributed by atoms with Gasteiger partial charge in [-0.1, -0.05) is 35.9 Å². The summed E-state index contributed by atoms with van der Waals surface area (Å²) < 4.78 is 28.8. The Morgan fingerprint density at radius 3 is 2.10 bits per heavy atom. The Hall–Kier alpha value is -3.16. The van der Waals surface area contributed by atoms with Gasteiger partial charge < -0.3 is 5.32 Å². The minimum absolute atomic E-state index is 0.108. The summed E-state index contributed by atoms with van der Waals surface area (Å²) in [6.07, 6.45) is 0. The number of sulfonamides is 1. The molecule has 1 aromatic heterocycles. The molecule has 2 N–H and O–H groups in total. The highest BCUT2D eigenvalue weighted by Gasteiger charge is 2.20. The average molecular weight is 453 g/mol. The van der Waals surface area contributed by atoms with Crippen LogP contribution in [0.5, 0.6) is 0 Å². The fourth-order valence-corrected chi connectivity index (χ4v) is 4.35. The maximum Gasteiger partial charge on any atom is 0.263 e. The van der Waals surface area contributed by atoms with E-state index in [1.54, 1.807) is 36.4 Å². The van der Waals surface area contributed by atoms with Crippen molar-refractivity contribution in [3.05, 3.63) is 82.4 Å². The van der Waals surface area contributed by atoms with Gasteiger partial charge in [-0.05, 0) is 73.9 Å². The molecule has 8 heteroatoms. The standard InChI is InChI=1S/C23H21ClN4O2S/c1-14-9-11-18(12-16(14)3)31(29,30)28-23-22(25-19-6-4-5-7-20(19)26-23)27-21-13-17(24)10-8-15(21)2/h4-13H,1-3H3,(H,25,27)(H,26,28). The molecule has 0 bridgehead atoms. The van der Waals surface area contributed by atoms with Gasteiger partial charge in [0.2, 0.25) is 0 Å². The molecule has 0 spiro atoms. The van der Waals surface area contributed by atoms with Crippen molar-refractivity contribution in [2.45, 2.75) is 25.7 Å². The predicted octanol–water partition coefficient (Wildman–Crippen LogP) is 5.75. The van der Waals surface area contributed by atoms with Gasteiger partial charge in [0, 0.05) is 10.7 Å². The number of hydrogen-bond donors (Lipinski definition) is 2. The van der Waals surface area contributed by atoms with Crippen LogP contribution in [0, 0.1) is 20.8 Å². The molecule has 0 aliphatic carbocycles. The number of halogens is 1. The van der Waals surface area contributed by atoms with Crippen molar-refractivity contribution >= 4 is 50.0 Å². The number of benzene rings is 3. The molecule has 0 saturated heterocycles. The molecule has 3 aromatic carbocycles. The maximum absolute atomic E-state index is 13.1. The molecule has 0 aliphatic rings. The third-order valence-electron chi connectivity index (χ3n) is 5.04. The van der Waals surface area contributed by atoms with Crippen LogP contribution in [0.3, 0.4) is 0 Å². The highest BCUT2D eigenvalue weighted by Crippen LogP contribution is 2.30. The number of hydrogen-bond acceptors (Lipinski definition) is 5. The number of rotatable bonds is 5. The van der Waals surface area contributed by atoms with Crippen molar-refractivity contribution in [3.63, 3.8) is 0 Å². The van der Waals surface area contributed by atoms with Crippen LogP contribution in [-0.2, 0) is 10.0 Å². The second-order valence-electron chi connectivity index (χ2n) is 7.35. The molecule has 0 atom stereocenters. The van der Waals surface area contributed by atoms with E-state index < -0.39 is 10.0 Å². The van der Waals surface area contributed by atoms with Gasteiger partial charge in [0.15, 0.2) is 11.6 Å². The Bertz CT molecular complexity index is 1400. The van der Waals surface area contributed by atoms with Gasteiger partial charge in [-0.15, -0.1) is 0 Å². The van der Waals surface area contributed by atoms with Gasteiger partial charge in [-0.2, -0.15) is 0 Å². The maximum atomic E-state index is 13.1. The first-order valence-corrected chi connectivity index (χ1v) is 11.5. The molecule has 0 aliphatic heterocycles. The topological polar surface area (TPSA) is 84.0 Å². The normalized spacial score (nSPS) is 11.5. The number of fused-ring (bicyclic) bond motifs is 1. The van der Waals surface area contributed by atoms with Crippen LogP contribution in [0.4, 0.5) is 17.3 Å². The molecule has 1 heterocycles. The first-order valence-electron chi connectivity index (χ1n) is 9.63. The number of aromatic nitrogens is 2. The molecule has 158 valence electrons. The molecule has 4 aromatic rings. The molecule has 0 unspecified atom stereocenters. The summed E-state index contributed by atoms with van der Waals surface area (Å²) in [4.78, 5) is 9.30. The third-order valence-corrected chi connectivity index (χ3v) is 6.61. The summed E-state index contributed by atoms with van der Waals surface area (Å²) >= 11 is 6.14. The monoisotopic (exact) mass is 452 g/mol. The van der Waals surface area contributed by atoms with Crippen LogP contribution >= 0.6 is 11.6 Å². The Balaban J connectivity index is 1.81. The number of nitrogens with one attached hydrogen (secondary N) is 2. The molecule has 6 nitrogen and oxygen atoms in total. The SMILES string of the molecule is Cc1ccc(S(=O)(=O)Nc2nc3ccccc3nc2Nc2cc(Cl)ccc2C)cc1C. The van der Waals surface area contributed by atoms with E-state index in [2.05, 4.69) is 20.0 Å². The van der Waals surface area contributed by atoms with Crippen LogP contribution in [0.2, 0.25) is 5.02 Å². The molecular formula is C23H21ClN4O2S. The fourth-order valence-electron chi connectivity index (χ4n) is 3.08. The van der Waals surface area contributed by atoms with Crippen molar-refractivity contribution < 1.29 is 8.42 Å². The smallest absolute Gasteiger partial charge is 0.263 e. The van der Waals surface area contributed by atoms with Crippen molar-refractivity contribution in [2.75, 3.05) is 10.0 Å². The van der Waals surface area contributed by atoms with Crippen LogP contribution < -0.4 is 10.0 Å². The lowest BCUT2D eigenvalue weighted by molar-refractivity contribution is 0.601. The Kier molecular flexibility index (Phi) is 5.56. The van der Waals surface area contributed by atoms with E-state index in [4.69, 9.17) is 11.6 Å². The molecule has 31 heavy (non-hydrogen) atoms. The summed E-state index contributed by atoms with van der Waals surface area (Å²) in [5.41, 5.74) is 4.77. The predicted molar refractivity (Wildman–Crippen MR) is 126 cm³/mol. The van der Waals surface area contributed by atoms with Gasteiger partial charge >= 0.3 is 0 Å². The van der Waals surface area contributed by atoms with Gasteiger partial charge in [0.25, 0.3) is 10.0 Å². The van der Waals surface area contributed by atoms with Gasteiger partial charge in [0.1, 0.15) is 0 Å². The molecule has 4 rings (SSSR count). The zero-order valence-corrected chi connectivity index (χ0v) is 18.8. The van der Waals surface area contributed by atoms with Crippen LogP contribution in [0.1, 0.15) is 16.7 Å².